The van der Waals surface area contributed by atoms with E-state index in [1.54, 1.807) is 24.3 Å². The van der Waals surface area contributed by atoms with E-state index in [1.165, 1.54) is 70.9 Å². The summed E-state index contributed by atoms with van der Waals surface area (Å²) >= 11 is 0. The van der Waals surface area contributed by atoms with E-state index >= 15 is 0 Å². The molecule has 4 nitrogen and oxygen atoms in total. The molecule has 4 heteroatoms. The molecule has 0 spiro atoms. The molecule has 0 N–H and O–H groups in total. The molecular weight excluding hydrogens is 777 g/mol. The van der Waals surface area contributed by atoms with Crippen LogP contribution in [-0.2, 0) is 5.41 Å². The van der Waals surface area contributed by atoms with Crippen molar-refractivity contribution in [2.24, 2.45) is 0 Å². The molecule has 0 radical (unpaired) electrons. The van der Waals surface area contributed by atoms with Crippen LogP contribution in [0.3, 0.4) is 0 Å². The van der Waals surface area contributed by atoms with Crippen LogP contribution in [0.25, 0.3) is 131 Å². The topological polar surface area (TPSA) is 95.2 Å². The van der Waals surface area contributed by atoms with Gasteiger partial charge in [0.2, 0.25) is 0 Å². The van der Waals surface area contributed by atoms with Gasteiger partial charge in [0, 0.05) is 11.1 Å². The van der Waals surface area contributed by atoms with Gasteiger partial charge in [0.15, 0.2) is 0 Å². The van der Waals surface area contributed by atoms with Crippen molar-refractivity contribution >= 4 is 64.6 Å². The zero-order valence-electron chi connectivity index (χ0n) is 35.1. The van der Waals surface area contributed by atoms with Gasteiger partial charge >= 0.3 is 0 Å². The van der Waals surface area contributed by atoms with Crippen molar-refractivity contribution in [3.8, 4) is 91.0 Å². The molecule has 2 aliphatic carbocycles. The molecule has 11 aromatic carbocycles. The summed E-state index contributed by atoms with van der Waals surface area (Å²) in [6.45, 7) is 6.83. The molecule has 0 atom stereocenters. The summed E-state index contributed by atoms with van der Waals surface area (Å²) in [6, 6.07) is 58.0. The smallest absolute Gasteiger partial charge is 0.0998 e. The van der Waals surface area contributed by atoms with Crippen molar-refractivity contribution in [3.63, 3.8) is 0 Å². The Labute approximate surface area is 368 Å². The van der Waals surface area contributed by atoms with Crippen LogP contribution in [0.5, 0.6) is 0 Å². The van der Waals surface area contributed by atoms with Crippen LogP contribution >= 0.6 is 0 Å². The maximum Gasteiger partial charge on any atom is 0.0998 e. The van der Waals surface area contributed by atoms with Crippen molar-refractivity contribution in [3.05, 3.63) is 167 Å². The Kier molecular flexibility index (Phi) is 6.96. The van der Waals surface area contributed by atoms with Crippen molar-refractivity contribution in [2.45, 2.75) is 26.2 Å². The minimum Gasteiger partial charge on any atom is -0.192 e. The van der Waals surface area contributed by atoms with Crippen LogP contribution in [-0.4, -0.2) is 0 Å². The molecule has 292 valence electrons. The van der Waals surface area contributed by atoms with Crippen LogP contribution in [0, 0.1) is 45.3 Å². The first-order valence-electron chi connectivity index (χ1n) is 21.5. The van der Waals surface area contributed by atoms with E-state index in [2.05, 4.69) is 136 Å². The number of hydrogen-bond acceptors (Lipinski definition) is 4. The number of benzene rings is 11. The Morgan fingerprint density at radius 3 is 1.12 bits per heavy atom. The lowest BCUT2D eigenvalue weighted by Gasteiger charge is -2.20. The zero-order valence-corrected chi connectivity index (χ0v) is 35.1. The second-order valence-corrected chi connectivity index (χ2v) is 18.4. The monoisotopic (exact) mass is 808 g/mol. The maximum atomic E-state index is 10.5. The average Bonchev–Trinajstić information content (AvgIpc) is 3.83. The highest BCUT2D eigenvalue weighted by atomic mass is 14.3. The molecule has 0 amide bonds. The first-order chi connectivity index (χ1) is 31.2. The molecule has 0 aromatic heterocycles. The fourth-order valence-corrected chi connectivity index (χ4v) is 11.3. The molecule has 0 aliphatic heterocycles. The van der Waals surface area contributed by atoms with Crippen molar-refractivity contribution < 1.29 is 0 Å². The van der Waals surface area contributed by atoms with Gasteiger partial charge in [0.05, 0.1) is 46.5 Å². The van der Waals surface area contributed by atoms with Gasteiger partial charge in [0.25, 0.3) is 0 Å². The second-order valence-electron chi connectivity index (χ2n) is 18.4. The van der Waals surface area contributed by atoms with E-state index in [4.69, 9.17) is 0 Å². The standard InChI is InChI=1S/C60H32N4/c1-60(2,3)35-12-13-36-39-14-15-40-42-17-20-45-50-25-52-53(26-51(50)46-21-18-43(58(42)59(45)46)41-16-19-44(49(36)24-35)56(39)57(40)41)55(48-23-32(28-62)9-11-34(48)30-64)38-7-5-4-6-37(38)54(52)47-22-31(27-61)8-10-33(47)29-63/h4-26H,1-3H3. The lowest BCUT2D eigenvalue weighted by molar-refractivity contribution is 0.590. The summed E-state index contributed by atoms with van der Waals surface area (Å²) in [4.78, 5) is 0. The van der Waals surface area contributed by atoms with E-state index in [0.29, 0.717) is 33.4 Å². The highest BCUT2D eigenvalue weighted by Crippen LogP contribution is 2.58. The Hall–Kier alpha value is -8.80. The zero-order chi connectivity index (χ0) is 43.3. The minimum absolute atomic E-state index is 0.0415. The first-order valence-corrected chi connectivity index (χ1v) is 21.5. The third-order valence-electron chi connectivity index (χ3n) is 14.2. The van der Waals surface area contributed by atoms with Gasteiger partial charge in [-0.3, -0.25) is 0 Å². The molecule has 13 rings (SSSR count). The number of nitriles is 4. The van der Waals surface area contributed by atoms with Crippen molar-refractivity contribution in [2.75, 3.05) is 0 Å². The van der Waals surface area contributed by atoms with Gasteiger partial charge in [-0.2, -0.15) is 21.0 Å². The van der Waals surface area contributed by atoms with Crippen molar-refractivity contribution in [1.82, 2.24) is 0 Å². The first kappa shape index (κ1) is 35.9. The van der Waals surface area contributed by atoms with Gasteiger partial charge in [0.1, 0.15) is 0 Å². The highest BCUT2D eigenvalue weighted by Gasteiger charge is 2.31. The maximum absolute atomic E-state index is 10.5. The molecule has 0 unspecified atom stereocenters. The van der Waals surface area contributed by atoms with E-state index in [0.717, 1.165) is 54.9 Å². The summed E-state index contributed by atoms with van der Waals surface area (Å²) < 4.78 is 0. The van der Waals surface area contributed by atoms with Crippen LogP contribution in [0.1, 0.15) is 48.6 Å². The summed E-state index contributed by atoms with van der Waals surface area (Å²) in [5, 5.41) is 54.9. The molecule has 0 fully saturated rings. The second kappa shape index (κ2) is 12.4. The molecule has 2 aliphatic rings. The van der Waals surface area contributed by atoms with Crippen LogP contribution in [0.2, 0.25) is 0 Å². The third-order valence-corrected chi connectivity index (χ3v) is 14.2. The predicted octanol–water partition coefficient (Wildman–Crippen LogP) is 15.5. The van der Waals surface area contributed by atoms with Crippen LogP contribution in [0.15, 0.2) is 140 Å². The molecule has 0 saturated carbocycles. The normalized spacial score (nSPS) is 12.2. The van der Waals surface area contributed by atoms with Gasteiger partial charge < -0.3 is 0 Å². The number of nitrogens with zero attached hydrogens (tertiary/aromatic N) is 4. The SMILES string of the molecule is CC(C)(C)c1ccc2c(c1)-c1ccc3c4ccc5c6c(ccc(c7ccc-2c1c73)c64)-c1cc2c(-c3cc(C#N)ccc3C#N)c3ccccc3c(-c3cc(C#N)ccc3C#N)c2cc1-5. The minimum atomic E-state index is 0.0415. The van der Waals surface area contributed by atoms with Gasteiger partial charge in [-0.05, 0) is 186 Å². The Bertz CT molecular complexity index is 4010. The molecule has 64 heavy (non-hydrogen) atoms. The fourth-order valence-electron chi connectivity index (χ4n) is 11.3. The average molecular weight is 809 g/mol. The predicted molar refractivity (Wildman–Crippen MR) is 260 cm³/mol. The van der Waals surface area contributed by atoms with E-state index in [-0.39, 0.29) is 5.41 Å². The summed E-state index contributed by atoms with van der Waals surface area (Å²) in [5.41, 5.74) is 15.9. The van der Waals surface area contributed by atoms with E-state index in [9.17, 15) is 21.0 Å². The number of hydrogen-bond donors (Lipinski definition) is 0. The van der Waals surface area contributed by atoms with Gasteiger partial charge in [-0.25, -0.2) is 0 Å². The lowest BCUT2D eigenvalue weighted by atomic mass is 9.82. The summed E-state index contributed by atoms with van der Waals surface area (Å²) in [5.74, 6) is 0. The van der Waals surface area contributed by atoms with Gasteiger partial charge in [-0.1, -0.05) is 106 Å². The quantitative estimate of drug-likeness (QED) is 0.128. The number of rotatable bonds is 2. The number of fused-ring (bicyclic) bond motifs is 10. The molecule has 0 heterocycles. The molecule has 0 saturated heterocycles. The highest BCUT2D eigenvalue weighted by molar-refractivity contribution is 6.40. The Balaban J connectivity index is 1.15. The molecule has 0 bridgehead atoms. The molecular formula is C60H32N4. The largest absolute Gasteiger partial charge is 0.192 e. The van der Waals surface area contributed by atoms with Crippen LogP contribution < -0.4 is 0 Å². The van der Waals surface area contributed by atoms with E-state index in [1.807, 2.05) is 24.3 Å². The molecule has 11 aromatic rings. The Morgan fingerprint density at radius 1 is 0.312 bits per heavy atom. The summed E-state index contributed by atoms with van der Waals surface area (Å²) in [7, 11) is 0. The van der Waals surface area contributed by atoms with Crippen LogP contribution in [0.4, 0.5) is 0 Å². The van der Waals surface area contributed by atoms with Crippen molar-refractivity contribution in [1.29, 1.82) is 21.0 Å². The lowest BCUT2D eigenvalue weighted by Crippen LogP contribution is -2.10. The Morgan fingerprint density at radius 2 is 0.719 bits per heavy atom. The van der Waals surface area contributed by atoms with Gasteiger partial charge in [-0.15, -0.1) is 0 Å². The summed E-state index contributed by atoms with van der Waals surface area (Å²) in [6.07, 6.45) is 0. The third kappa shape index (κ3) is 4.51. The fraction of sp³-hybridized carbons (Fsp3) is 0.0667. The van der Waals surface area contributed by atoms with E-state index < -0.39 is 0 Å².